The lowest BCUT2D eigenvalue weighted by molar-refractivity contribution is -0.130. The standard InChI is InChI=1S/C12H23NO3/c1-12(2,3)16-9-11(14)13-7-10-5-4-6-15-8-10/h10H,4-9H2,1-3H3,(H,13,14). The first-order chi connectivity index (χ1) is 7.47. The van der Waals surface area contributed by atoms with E-state index in [2.05, 4.69) is 5.32 Å². The van der Waals surface area contributed by atoms with E-state index in [0.29, 0.717) is 12.5 Å². The normalized spacial score (nSPS) is 21.8. The molecule has 94 valence electrons. The van der Waals surface area contributed by atoms with Crippen LogP contribution >= 0.6 is 0 Å². The first-order valence-electron chi connectivity index (χ1n) is 5.96. The summed E-state index contributed by atoms with van der Waals surface area (Å²) in [4.78, 5) is 11.5. The van der Waals surface area contributed by atoms with Crippen molar-refractivity contribution < 1.29 is 14.3 Å². The molecule has 0 aromatic heterocycles. The zero-order valence-corrected chi connectivity index (χ0v) is 10.5. The number of hydrogen-bond acceptors (Lipinski definition) is 3. The average molecular weight is 229 g/mol. The van der Waals surface area contributed by atoms with Crippen molar-refractivity contribution in [2.45, 2.75) is 39.2 Å². The number of carbonyl (C=O) groups excluding carboxylic acids is 1. The summed E-state index contributed by atoms with van der Waals surface area (Å²) >= 11 is 0. The number of nitrogens with one attached hydrogen (secondary N) is 1. The molecular weight excluding hydrogens is 206 g/mol. The molecular formula is C12H23NO3. The summed E-state index contributed by atoms with van der Waals surface area (Å²) in [5, 5.41) is 2.88. The monoisotopic (exact) mass is 229 g/mol. The van der Waals surface area contributed by atoms with Crippen LogP contribution in [-0.4, -0.2) is 37.9 Å². The van der Waals surface area contributed by atoms with Crippen molar-refractivity contribution in [1.82, 2.24) is 5.32 Å². The van der Waals surface area contributed by atoms with Gasteiger partial charge in [0.25, 0.3) is 0 Å². The molecule has 1 rings (SSSR count). The first-order valence-corrected chi connectivity index (χ1v) is 5.96. The lowest BCUT2D eigenvalue weighted by Crippen LogP contribution is -2.37. The van der Waals surface area contributed by atoms with Crippen LogP contribution in [0.5, 0.6) is 0 Å². The van der Waals surface area contributed by atoms with Crippen LogP contribution in [0.2, 0.25) is 0 Å². The molecule has 16 heavy (non-hydrogen) atoms. The maximum absolute atomic E-state index is 11.5. The second-order valence-corrected chi connectivity index (χ2v) is 5.29. The summed E-state index contributed by atoms with van der Waals surface area (Å²) in [6.07, 6.45) is 2.24. The number of hydrogen-bond donors (Lipinski definition) is 1. The van der Waals surface area contributed by atoms with Crippen molar-refractivity contribution in [3.63, 3.8) is 0 Å². The van der Waals surface area contributed by atoms with E-state index in [9.17, 15) is 4.79 Å². The van der Waals surface area contributed by atoms with Gasteiger partial charge in [0.1, 0.15) is 6.61 Å². The fourth-order valence-electron chi connectivity index (χ4n) is 1.56. The van der Waals surface area contributed by atoms with Crippen LogP contribution < -0.4 is 5.32 Å². The Balaban J connectivity index is 2.09. The summed E-state index contributed by atoms with van der Waals surface area (Å²) in [7, 11) is 0. The van der Waals surface area contributed by atoms with Crippen molar-refractivity contribution in [3.8, 4) is 0 Å². The highest BCUT2D eigenvalue weighted by Crippen LogP contribution is 2.12. The molecule has 0 aromatic rings. The fraction of sp³-hybridized carbons (Fsp3) is 0.917. The Morgan fingerprint density at radius 2 is 2.25 bits per heavy atom. The average Bonchev–Trinajstić information content (AvgIpc) is 2.24. The predicted molar refractivity (Wildman–Crippen MR) is 62.3 cm³/mol. The van der Waals surface area contributed by atoms with Gasteiger partial charge in [-0.2, -0.15) is 0 Å². The van der Waals surface area contributed by atoms with Gasteiger partial charge in [0, 0.05) is 13.2 Å². The Kier molecular flexibility index (Phi) is 5.22. The molecule has 1 N–H and O–H groups in total. The van der Waals surface area contributed by atoms with E-state index in [4.69, 9.17) is 9.47 Å². The number of carbonyl (C=O) groups is 1. The minimum Gasteiger partial charge on any atom is -0.381 e. The van der Waals surface area contributed by atoms with E-state index >= 15 is 0 Å². The minimum atomic E-state index is -0.259. The highest BCUT2D eigenvalue weighted by molar-refractivity contribution is 5.77. The minimum absolute atomic E-state index is 0.0412. The third-order valence-electron chi connectivity index (χ3n) is 2.48. The van der Waals surface area contributed by atoms with Crippen LogP contribution in [0.25, 0.3) is 0 Å². The van der Waals surface area contributed by atoms with Crippen LogP contribution in [0.15, 0.2) is 0 Å². The summed E-state index contributed by atoms with van der Waals surface area (Å²) in [6.45, 7) is 8.28. The molecule has 4 nitrogen and oxygen atoms in total. The Bertz CT molecular complexity index is 217. The summed E-state index contributed by atoms with van der Waals surface area (Å²) < 4.78 is 10.7. The van der Waals surface area contributed by atoms with Gasteiger partial charge in [-0.15, -0.1) is 0 Å². The van der Waals surface area contributed by atoms with Crippen LogP contribution in [0, 0.1) is 5.92 Å². The van der Waals surface area contributed by atoms with Crippen LogP contribution in [0.3, 0.4) is 0 Å². The van der Waals surface area contributed by atoms with Gasteiger partial charge in [-0.25, -0.2) is 0 Å². The Morgan fingerprint density at radius 1 is 1.50 bits per heavy atom. The molecule has 4 heteroatoms. The van der Waals surface area contributed by atoms with E-state index in [-0.39, 0.29) is 18.1 Å². The molecule has 0 aliphatic carbocycles. The summed E-state index contributed by atoms with van der Waals surface area (Å²) in [6, 6.07) is 0. The van der Waals surface area contributed by atoms with Gasteiger partial charge >= 0.3 is 0 Å². The summed E-state index contributed by atoms with van der Waals surface area (Å²) in [5.74, 6) is 0.424. The van der Waals surface area contributed by atoms with Gasteiger partial charge in [-0.3, -0.25) is 4.79 Å². The van der Waals surface area contributed by atoms with E-state index in [1.165, 1.54) is 0 Å². The molecule has 1 heterocycles. The zero-order valence-electron chi connectivity index (χ0n) is 10.5. The Morgan fingerprint density at radius 3 is 2.81 bits per heavy atom. The summed E-state index contributed by atoms with van der Waals surface area (Å²) in [5.41, 5.74) is -0.259. The zero-order chi connectivity index (χ0) is 12.0. The lowest BCUT2D eigenvalue weighted by atomic mass is 10.0. The highest BCUT2D eigenvalue weighted by Gasteiger charge is 2.16. The van der Waals surface area contributed by atoms with Gasteiger partial charge in [-0.1, -0.05) is 0 Å². The van der Waals surface area contributed by atoms with Gasteiger partial charge in [0.15, 0.2) is 0 Å². The third kappa shape index (κ3) is 6.08. The molecule has 0 radical (unpaired) electrons. The van der Waals surface area contributed by atoms with Gasteiger partial charge in [0.05, 0.1) is 12.2 Å². The lowest BCUT2D eigenvalue weighted by Gasteiger charge is -2.23. The molecule has 1 aliphatic heterocycles. The second kappa shape index (κ2) is 6.21. The second-order valence-electron chi connectivity index (χ2n) is 5.29. The molecule has 1 unspecified atom stereocenters. The topological polar surface area (TPSA) is 47.6 Å². The largest absolute Gasteiger partial charge is 0.381 e. The van der Waals surface area contributed by atoms with Crippen molar-refractivity contribution >= 4 is 5.91 Å². The number of rotatable bonds is 4. The van der Waals surface area contributed by atoms with E-state index in [1.807, 2.05) is 20.8 Å². The maximum Gasteiger partial charge on any atom is 0.246 e. The molecule has 1 amide bonds. The highest BCUT2D eigenvalue weighted by atomic mass is 16.5. The predicted octanol–water partition coefficient (Wildman–Crippen LogP) is 1.34. The quantitative estimate of drug-likeness (QED) is 0.791. The molecule has 1 atom stereocenters. The van der Waals surface area contributed by atoms with Gasteiger partial charge in [-0.05, 0) is 39.5 Å². The van der Waals surface area contributed by atoms with E-state index in [1.54, 1.807) is 0 Å². The van der Waals surface area contributed by atoms with Crippen molar-refractivity contribution in [2.75, 3.05) is 26.4 Å². The van der Waals surface area contributed by atoms with E-state index < -0.39 is 0 Å². The Hall–Kier alpha value is -0.610. The fourth-order valence-corrected chi connectivity index (χ4v) is 1.56. The SMILES string of the molecule is CC(C)(C)OCC(=O)NCC1CCCOC1. The molecule has 1 saturated heterocycles. The van der Waals surface area contributed by atoms with Gasteiger partial charge in [0.2, 0.25) is 5.91 Å². The van der Waals surface area contributed by atoms with Crippen LogP contribution in [0.4, 0.5) is 0 Å². The molecule has 0 bridgehead atoms. The van der Waals surface area contributed by atoms with Crippen molar-refractivity contribution in [1.29, 1.82) is 0 Å². The molecule has 1 aliphatic rings. The van der Waals surface area contributed by atoms with Gasteiger partial charge < -0.3 is 14.8 Å². The maximum atomic E-state index is 11.5. The first kappa shape index (κ1) is 13.5. The number of amides is 1. The third-order valence-corrected chi connectivity index (χ3v) is 2.48. The Labute approximate surface area is 97.7 Å². The van der Waals surface area contributed by atoms with Crippen LogP contribution in [-0.2, 0) is 14.3 Å². The number of ether oxygens (including phenoxy) is 2. The van der Waals surface area contributed by atoms with Crippen molar-refractivity contribution in [3.05, 3.63) is 0 Å². The molecule has 0 saturated carbocycles. The smallest absolute Gasteiger partial charge is 0.246 e. The molecule has 0 aromatic carbocycles. The van der Waals surface area contributed by atoms with Crippen molar-refractivity contribution in [2.24, 2.45) is 5.92 Å². The molecule has 0 spiro atoms. The van der Waals surface area contributed by atoms with E-state index in [0.717, 1.165) is 26.1 Å². The van der Waals surface area contributed by atoms with Crippen LogP contribution in [0.1, 0.15) is 33.6 Å². The molecule has 1 fully saturated rings.